The highest BCUT2D eigenvalue weighted by molar-refractivity contribution is 8.04. The van der Waals surface area contributed by atoms with Gasteiger partial charge in [-0.25, -0.2) is 4.79 Å². The van der Waals surface area contributed by atoms with Crippen LogP contribution in [0.2, 0.25) is 0 Å². The highest BCUT2D eigenvalue weighted by Gasteiger charge is 2.43. The molecule has 0 spiro atoms. The van der Waals surface area contributed by atoms with E-state index in [0.29, 0.717) is 34.8 Å². The maximum Gasteiger partial charge on any atom is 0.347 e. The summed E-state index contributed by atoms with van der Waals surface area (Å²) in [6, 6.07) is 13.8. The number of carbonyl (C=O) groups is 1. The quantitative estimate of drug-likeness (QED) is 0.294. The number of nitrogens with two attached hydrogens (primary N) is 1. The van der Waals surface area contributed by atoms with E-state index in [2.05, 4.69) is 26.0 Å². The SMILES string of the molecule is CCS(=O)(=O)Oc1cc(C(C)(C)C)c(SC2=C(N)CC(CCc3ccccc3)(C(C)C)OC2=O)cc1C. The van der Waals surface area contributed by atoms with Gasteiger partial charge in [-0.2, -0.15) is 8.42 Å². The van der Waals surface area contributed by atoms with Crippen LogP contribution in [0.4, 0.5) is 0 Å². The number of ether oxygens (including phenoxy) is 1. The molecule has 1 heterocycles. The number of cyclic esters (lactones) is 1. The molecular formula is C29H39NO5S2. The van der Waals surface area contributed by atoms with Crippen molar-refractivity contribution in [1.29, 1.82) is 0 Å². The summed E-state index contributed by atoms with van der Waals surface area (Å²) in [5.74, 6) is -0.147. The van der Waals surface area contributed by atoms with Gasteiger partial charge in [0, 0.05) is 17.0 Å². The van der Waals surface area contributed by atoms with Crippen LogP contribution >= 0.6 is 11.8 Å². The van der Waals surface area contributed by atoms with E-state index in [4.69, 9.17) is 14.7 Å². The Balaban J connectivity index is 1.95. The van der Waals surface area contributed by atoms with Crippen molar-refractivity contribution < 1.29 is 22.1 Å². The molecule has 1 aliphatic heterocycles. The smallest absolute Gasteiger partial charge is 0.347 e. The van der Waals surface area contributed by atoms with E-state index in [9.17, 15) is 13.2 Å². The van der Waals surface area contributed by atoms with Gasteiger partial charge in [-0.1, -0.05) is 76.7 Å². The van der Waals surface area contributed by atoms with Crippen molar-refractivity contribution in [3.8, 4) is 5.75 Å². The molecule has 0 saturated heterocycles. The van der Waals surface area contributed by atoms with Crippen LogP contribution in [0.3, 0.4) is 0 Å². The second-order valence-corrected chi connectivity index (χ2v) is 13.9. The number of esters is 1. The molecule has 202 valence electrons. The predicted molar refractivity (Wildman–Crippen MR) is 150 cm³/mol. The summed E-state index contributed by atoms with van der Waals surface area (Å²) in [5, 5.41) is 0. The molecule has 0 radical (unpaired) electrons. The number of aryl methyl sites for hydroxylation is 2. The van der Waals surface area contributed by atoms with Crippen molar-refractivity contribution in [1.82, 2.24) is 0 Å². The fourth-order valence-corrected chi connectivity index (χ4v) is 6.22. The van der Waals surface area contributed by atoms with Gasteiger partial charge in [0.1, 0.15) is 16.3 Å². The van der Waals surface area contributed by atoms with Crippen molar-refractivity contribution in [2.24, 2.45) is 11.7 Å². The van der Waals surface area contributed by atoms with Crippen LogP contribution in [-0.4, -0.2) is 25.7 Å². The minimum atomic E-state index is -3.67. The second kappa shape index (κ2) is 11.1. The van der Waals surface area contributed by atoms with Gasteiger partial charge in [0.05, 0.1) is 5.75 Å². The third-order valence-corrected chi connectivity index (χ3v) is 9.19. The lowest BCUT2D eigenvalue weighted by Gasteiger charge is -2.41. The molecule has 37 heavy (non-hydrogen) atoms. The van der Waals surface area contributed by atoms with Crippen molar-refractivity contribution in [3.05, 3.63) is 69.8 Å². The molecule has 0 aliphatic carbocycles. The number of rotatable bonds is 9. The summed E-state index contributed by atoms with van der Waals surface area (Å²) in [7, 11) is -3.67. The third kappa shape index (κ3) is 6.90. The van der Waals surface area contributed by atoms with Crippen LogP contribution in [0.25, 0.3) is 0 Å². The molecular weight excluding hydrogens is 506 g/mol. The Hall–Kier alpha value is -2.45. The molecule has 2 aromatic carbocycles. The van der Waals surface area contributed by atoms with Crippen LogP contribution in [0.5, 0.6) is 5.75 Å². The Kier molecular flexibility index (Phi) is 8.75. The first kappa shape index (κ1) is 29.1. The number of thioether (sulfide) groups is 1. The van der Waals surface area contributed by atoms with E-state index in [1.807, 2.05) is 45.0 Å². The molecule has 0 saturated carbocycles. The molecule has 6 nitrogen and oxygen atoms in total. The lowest BCUT2D eigenvalue weighted by atomic mass is 9.79. The van der Waals surface area contributed by atoms with Crippen LogP contribution < -0.4 is 9.92 Å². The Morgan fingerprint density at radius 3 is 2.35 bits per heavy atom. The van der Waals surface area contributed by atoms with Gasteiger partial charge in [0.15, 0.2) is 0 Å². The molecule has 0 fully saturated rings. The predicted octanol–water partition coefficient (Wildman–Crippen LogP) is 6.26. The lowest BCUT2D eigenvalue weighted by Crippen LogP contribution is -2.45. The molecule has 0 aromatic heterocycles. The van der Waals surface area contributed by atoms with E-state index in [1.165, 1.54) is 17.3 Å². The second-order valence-electron chi connectivity index (χ2n) is 11.0. The normalized spacial score (nSPS) is 18.8. The molecule has 2 N–H and O–H groups in total. The van der Waals surface area contributed by atoms with Gasteiger partial charge in [-0.15, -0.1) is 0 Å². The standard InChI is InChI=1S/C29H39NO5S2/c1-8-37(32,33)35-24-17-22(28(5,6)7)25(16-20(24)4)36-26-23(30)18-29(19(2)3,34-27(26)31)15-14-21-12-10-9-11-13-21/h9-13,16-17,19H,8,14-15,18,30H2,1-7H3. The molecule has 2 aromatic rings. The Labute approximate surface area is 226 Å². The van der Waals surface area contributed by atoms with Crippen LogP contribution in [-0.2, 0) is 31.5 Å². The fraction of sp³-hybridized carbons (Fsp3) is 0.483. The monoisotopic (exact) mass is 545 g/mol. The van der Waals surface area contributed by atoms with E-state index in [1.54, 1.807) is 19.9 Å². The average Bonchev–Trinajstić information content (AvgIpc) is 2.81. The minimum absolute atomic E-state index is 0.0922. The molecule has 0 amide bonds. The first-order chi connectivity index (χ1) is 17.2. The molecule has 3 rings (SSSR count). The zero-order chi connectivity index (χ0) is 27.6. The zero-order valence-electron chi connectivity index (χ0n) is 22.9. The number of hydrogen-bond donors (Lipinski definition) is 1. The summed E-state index contributed by atoms with van der Waals surface area (Å²) >= 11 is 1.28. The topological polar surface area (TPSA) is 95.7 Å². The van der Waals surface area contributed by atoms with Crippen molar-refractivity contribution in [2.75, 3.05) is 5.75 Å². The molecule has 8 heteroatoms. The van der Waals surface area contributed by atoms with Crippen LogP contribution in [0, 0.1) is 12.8 Å². The van der Waals surface area contributed by atoms with Gasteiger partial charge in [-0.3, -0.25) is 0 Å². The Morgan fingerprint density at radius 2 is 1.81 bits per heavy atom. The van der Waals surface area contributed by atoms with Gasteiger partial charge < -0.3 is 14.7 Å². The lowest BCUT2D eigenvalue weighted by molar-refractivity contribution is -0.162. The molecule has 1 aliphatic rings. The Bertz CT molecular complexity index is 1280. The minimum Gasteiger partial charge on any atom is -0.454 e. The molecule has 1 atom stereocenters. The van der Waals surface area contributed by atoms with Gasteiger partial charge in [-0.05, 0) is 66.8 Å². The average molecular weight is 546 g/mol. The van der Waals surface area contributed by atoms with Crippen LogP contribution in [0.15, 0.2) is 58.0 Å². The maximum atomic E-state index is 13.4. The first-order valence-corrected chi connectivity index (χ1v) is 15.1. The van der Waals surface area contributed by atoms with E-state index < -0.39 is 21.7 Å². The third-order valence-electron chi connectivity index (χ3n) is 6.86. The summed E-state index contributed by atoms with van der Waals surface area (Å²) in [4.78, 5) is 14.6. The zero-order valence-corrected chi connectivity index (χ0v) is 24.5. The van der Waals surface area contributed by atoms with Gasteiger partial charge in [0.25, 0.3) is 0 Å². The highest BCUT2D eigenvalue weighted by atomic mass is 32.2. The summed E-state index contributed by atoms with van der Waals surface area (Å²) in [6.07, 6.45) is 1.94. The molecule has 0 bridgehead atoms. The highest BCUT2D eigenvalue weighted by Crippen LogP contribution is 2.45. The van der Waals surface area contributed by atoms with Gasteiger partial charge in [0.2, 0.25) is 0 Å². The van der Waals surface area contributed by atoms with E-state index in [-0.39, 0.29) is 17.1 Å². The van der Waals surface area contributed by atoms with E-state index >= 15 is 0 Å². The summed E-state index contributed by atoms with van der Waals surface area (Å²) in [6.45, 7) is 13.6. The number of hydrogen-bond acceptors (Lipinski definition) is 7. The fourth-order valence-electron chi connectivity index (χ4n) is 4.39. The number of carbonyl (C=O) groups excluding carboxylic acids is 1. The van der Waals surface area contributed by atoms with Crippen molar-refractivity contribution in [2.45, 2.75) is 83.6 Å². The van der Waals surface area contributed by atoms with Crippen molar-refractivity contribution in [3.63, 3.8) is 0 Å². The molecule has 1 unspecified atom stereocenters. The van der Waals surface area contributed by atoms with Gasteiger partial charge >= 0.3 is 16.1 Å². The summed E-state index contributed by atoms with van der Waals surface area (Å²) < 4.78 is 35.8. The van der Waals surface area contributed by atoms with Crippen LogP contribution in [0.1, 0.15) is 71.1 Å². The van der Waals surface area contributed by atoms with E-state index in [0.717, 1.165) is 16.9 Å². The maximum absolute atomic E-state index is 13.4. The van der Waals surface area contributed by atoms with Crippen molar-refractivity contribution >= 4 is 27.8 Å². The largest absolute Gasteiger partial charge is 0.454 e. The first-order valence-electron chi connectivity index (χ1n) is 12.7. The summed E-state index contributed by atoms with van der Waals surface area (Å²) in [5.41, 5.74) is 8.82. The Morgan fingerprint density at radius 1 is 1.16 bits per heavy atom. The number of benzene rings is 2.